The summed E-state index contributed by atoms with van der Waals surface area (Å²) < 4.78 is 12.5. The Labute approximate surface area is 131 Å². The minimum Gasteiger partial charge on any atom is -0.250 e. The average molecular weight is 318 g/mol. The normalized spacial score (nSPS) is 11.2. The Hall–Kier alpha value is -1.46. The molecule has 0 saturated carbocycles. The number of halogens is 1. The van der Waals surface area contributed by atoms with Gasteiger partial charge in [0.15, 0.2) is 0 Å². The van der Waals surface area contributed by atoms with E-state index in [1.54, 1.807) is 11.3 Å². The van der Waals surface area contributed by atoms with Crippen molar-refractivity contribution in [2.75, 3.05) is 12.4 Å². The van der Waals surface area contributed by atoms with Crippen LogP contribution in [0.15, 0.2) is 35.4 Å². The third-order valence-electron chi connectivity index (χ3n) is 3.18. The Morgan fingerprint density at radius 1 is 1.14 bits per heavy atom. The summed E-state index contributed by atoms with van der Waals surface area (Å²) in [6.45, 7) is 3.64. The number of hydrogen-bond acceptors (Lipinski definition) is 4. The van der Waals surface area contributed by atoms with Crippen molar-refractivity contribution in [3.8, 4) is 11.1 Å². The molecule has 3 aromatic rings. The van der Waals surface area contributed by atoms with E-state index in [9.17, 15) is 4.39 Å². The van der Waals surface area contributed by atoms with E-state index in [4.69, 9.17) is 0 Å². The minimum atomic E-state index is -0.348. The van der Waals surface area contributed by atoms with Crippen LogP contribution in [0.25, 0.3) is 21.3 Å². The summed E-state index contributed by atoms with van der Waals surface area (Å²) in [7, 11) is 0. The second kappa shape index (κ2) is 6.12. The molecule has 2 nitrogen and oxygen atoms in total. The fraction of sp³-hybridized carbons (Fsp3) is 0.250. The van der Waals surface area contributed by atoms with E-state index in [1.165, 1.54) is 22.2 Å². The molecule has 0 aliphatic heterocycles. The Morgan fingerprint density at radius 2 is 1.90 bits per heavy atom. The standard InChI is InChI=1S/C16H15FN2S2/c1-10-13(12-6-4-3-5-7-12)14-15(20-9-8-17)18-11(2)19-16(14)21-10/h3-7H,8-9H2,1-2H3. The number of hydrogen-bond donors (Lipinski definition) is 0. The Morgan fingerprint density at radius 3 is 2.62 bits per heavy atom. The number of benzene rings is 1. The van der Waals surface area contributed by atoms with Gasteiger partial charge in [-0.2, -0.15) is 0 Å². The molecule has 0 saturated heterocycles. The average Bonchev–Trinajstić information content (AvgIpc) is 2.81. The Balaban J connectivity index is 2.26. The molecule has 0 radical (unpaired) electrons. The Kier molecular flexibility index (Phi) is 4.22. The van der Waals surface area contributed by atoms with Crippen LogP contribution in [-0.4, -0.2) is 22.4 Å². The smallest absolute Gasteiger partial charge is 0.129 e. The van der Waals surface area contributed by atoms with Gasteiger partial charge >= 0.3 is 0 Å². The van der Waals surface area contributed by atoms with Crippen molar-refractivity contribution in [3.05, 3.63) is 41.0 Å². The van der Waals surface area contributed by atoms with E-state index >= 15 is 0 Å². The second-order valence-corrected chi connectivity index (χ2v) is 6.98. The van der Waals surface area contributed by atoms with E-state index < -0.39 is 0 Å². The lowest BCUT2D eigenvalue weighted by atomic mass is 10.0. The number of aryl methyl sites for hydroxylation is 2. The summed E-state index contributed by atoms with van der Waals surface area (Å²) in [6, 6.07) is 10.3. The largest absolute Gasteiger partial charge is 0.250 e. The maximum absolute atomic E-state index is 12.5. The predicted molar refractivity (Wildman–Crippen MR) is 89.0 cm³/mol. The molecule has 0 aliphatic rings. The Bertz CT molecular complexity index is 769. The van der Waals surface area contributed by atoms with Gasteiger partial charge in [0, 0.05) is 16.2 Å². The van der Waals surface area contributed by atoms with Gasteiger partial charge in [0.05, 0.1) is 12.1 Å². The molecule has 0 bridgehead atoms. The zero-order valence-electron chi connectivity index (χ0n) is 11.9. The first-order valence-corrected chi connectivity index (χ1v) is 8.53. The van der Waals surface area contributed by atoms with Crippen LogP contribution in [0.5, 0.6) is 0 Å². The lowest BCUT2D eigenvalue weighted by Crippen LogP contribution is -1.93. The van der Waals surface area contributed by atoms with Gasteiger partial charge in [-0.25, -0.2) is 9.97 Å². The van der Waals surface area contributed by atoms with Crippen LogP contribution in [0.4, 0.5) is 4.39 Å². The molecule has 0 unspecified atom stereocenters. The zero-order chi connectivity index (χ0) is 14.8. The van der Waals surface area contributed by atoms with Crippen LogP contribution >= 0.6 is 23.1 Å². The van der Waals surface area contributed by atoms with Crippen molar-refractivity contribution in [3.63, 3.8) is 0 Å². The van der Waals surface area contributed by atoms with Crippen LogP contribution < -0.4 is 0 Å². The number of rotatable bonds is 4. The highest BCUT2D eigenvalue weighted by atomic mass is 32.2. The van der Waals surface area contributed by atoms with Crippen LogP contribution in [0, 0.1) is 13.8 Å². The van der Waals surface area contributed by atoms with Crippen molar-refractivity contribution >= 4 is 33.3 Å². The number of aromatic nitrogens is 2. The highest BCUT2D eigenvalue weighted by molar-refractivity contribution is 7.99. The molecule has 1 aromatic carbocycles. The second-order valence-electron chi connectivity index (χ2n) is 4.69. The molecular weight excluding hydrogens is 303 g/mol. The van der Waals surface area contributed by atoms with Gasteiger partial charge in [0.25, 0.3) is 0 Å². The molecule has 0 fully saturated rings. The fourth-order valence-electron chi connectivity index (χ4n) is 2.37. The van der Waals surface area contributed by atoms with Crippen molar-refractivity contribution in [2.45, 2.75) is 18.9 Å². The first-order valence-electron chi connectivity index (χ1n) is 6.72. The van der Waals surface area contributed by atoms with Gasteiger partial charge in [-0.3, -0.25) is 4.39 Å². The molecule has 21 heavy (non-hydrogen) atoms. The zero-order valence-corrected chi connectivity index (χ0v) is 13.5. The molecule has 2 heterocycles. The highest BCUT2D eigenvalue weighted by Crippen LogP contribution is 2.41. The summed E-state index contributed by atoms with van der Waals surface area (Å²) >= 11 is 3.14. The number of nitrogens with zero attached hydrogens (tertiary/aromatic N) is 2. The van der Waals surface area contributed by atoms with E-state index in [1.807, 2.05) is 25.1 Å². The minimum absolute atomic E-state index is 0.348. The van der Waals surface area contributed by atoms with Gasteiger partial charge < -0.3 is 0 Å². The van der Waals surface area contributed by atoms with Gasteiger partial charge in [-0.15, -0.1) is 23.1 Å². The maximum atomic E-state index is 12.5. The fourth-order valence-corrected chi connectivity index (χ4v) is 4.34. The summed E-state index contributed by atoms with van der Waals surface area (Å²) in [5, 5.41) is 1.95. The van der Waals surface area contributed by atoms with Crippen molar-refractivity contribution in [2.24, 2.45) is 0 Å². The van der Waals surface area contributed by atoms with E-state index in [0.29, 0.717) is 5.75 Å². The SMILES string of the molecule is Cc1nc(SCCF)c2c(-c3ccccc3)c(C)sc2n1. The monoisotopic (exact) mass is 318 g/mol. The quantitative estimate of drug-likeness (QED) is 0.498. The molecule has 3 rings (SSSR count). The van der Waals surface area contributed by atoms with Crippen molar-refractivity contribution in [1.82, 2.24) is 9.97 Å². The van der Waals surface area contributed by atoms with E-state index in [0.717, 1.165) is 26.6 Å². The summed E-state index contributed by atoms with van der Waals surface area (Å²) in [4.78, 5) is 11.3. The summed E-state index contributed by atoms with van der Waals surface area (Å²) in [5.41, 5.74) is 2.34. The third kappa shape index (κ3) is 2.80. The molecule has 2 aromatic heterocycles. The van der Waals surface area contributed by atoms with Gasteiger partial charge in [-0.1, -0.05) is 30.3 Å². The lowest BCUT2D eigenvalue weighted by molar-refractivity contribution is 0.532. The van der Waals surface area contributed by atoms with Gasteiger partial charge in [0.2, 0.25) is 0 Å². The van der Waals surface area contributed by atoms with E-state index in [2.05, 4.69) is 29.0 Å². The number of alkyl halides is 1. The van der Waals surface area contributed by atoms with Gasteiger partial charge in [-0.05, 0) is 19.4 Å². The van der Waals surface area contributed by atoms with Crippen molar-refractivity contribution in [1.29, 1.82) is 0 Å². The predicted octanol–water partition coefficient (Wildman–Crippen LogP) is 5.04. The lowest BCUT2D eigenvalue weighted by Gasteiger charge is -2.06. The van der Waals surface area contributed by atoms with Crippen LogP contribution in [-0.2, 0) is 0 Å². The topological polar surface area (TPSA) is 25.8 Å². The first kappa shape index (κ1) is 14.5. The molecule has 5 heteroatoms. The summed E-state index contributed by atoms with van der Waals surface area (Å²) in [5.74, 6) is 1.17. The molecule has 0 spiro atoms. The number of thioether (sulfide) groups is 1. The number of thiophene rings is 1. The molecular formula is C16H15FN2S2. The molecule has 0 N–H and O–H groups in total. The summed E-state index contributed by atoms with van der Waals surface area (Å²) in [6.07, 6.45) is 0. The van der Waals surface area contributed by atoms with E-state index in [-0.39, 0.29) is 6.67 Å². The maximum Gasteiger partial charge on any atom is 0.129 e. The molecule has 108 valence electrons. The van der Waals surface area contributed by atoms with Crippen molar-refractivity contribution < 1.29 is 4.39 Å². The van der Waals surface area contributed by atoms with Gasteiger partial charge in [0.1, 0.15) is 15.7 Å². The van der Waals surface area contributed by atoms with Crippen LogP contribution in [0.3, 0.4) is 0 Å². The molecule has 0 atom stereocenters. The molecule has 0 aliphatic carbocycles. The first-order chi connectivity index (χ1) is 10.2. The van der Waals surface area contributed by atoms with Crippen LogP contribution in [0.2, 0.25) is 0 Å². The molecule has 0 amide bonds. The highest BCUT2D eigenvalue weighted by Gasteiger charge is 2.17. The third-order valence-corrected chi connectivity index (χ3v) is 5.11. The van der Waals surface area contributed by atoms with Crippen LogP contribution in [0.1, 0.15) is 10.7 Å². The number of fused-ring (bicyclic) bond motifs is 1.